The van der Waals surface area contributed by atoms with Gasteiger partial charge in [0.1, 0.15) is 0 Å². The van der Waals surface area contributed by atoms with Gasteiger partial charge in [-0.05, 0) is 53.7 Å². The number of aliphatic imine (C=N–C) groups is 1. The van der Waals surface area contributed by atoms with Gasteiger partial charge in [-0.3, -0.25) is 9.78 Å². The lowest BCUT2D eigenvalue weighted by molar-refractivity contribution is -0.115. The summed E-state index contributed by atoms with van der Waals surface area (Å²) in [5, 5.41) is 3.34. The van der Waals surface area contributed by atoms with Crippen LogP contribution in [0.15, 0.2) is 63.2 Å². The summed E-state index contributed by atoms with van der Waals surface area (Å²) < 4.78 is 0.992. The first kappa shape index (κ1) is 14.0. The van der Waals surface area contributed by atoms with E-state index in [-0.39, 0.29) is 5.91 Å². The van der Waals surface area contributed by atoms with E-state index in [2.05, 4.69) is 31.2 Å². The van der Waals surface area contributed by atoms with Gasteiger partial charge in [0.2, 0.25) is 0 Å². The van der Waals surface area contributed by atoms with Gasteiger partial charge in [0.05, 0.1) is 10.6 Å². The summed E-state index contributed by atoms with van der Waals surface area (Å²) in [7, 11) is 0. The van der Waals surface area contributed by atoms with Gasteiger partial charge >= 0.3 is 0 Å². The Hall–Kier alpha value is -1.92. The number of rotatable bonds is 2. The Bertz CT molecular complexity index is 726. The van der Waals surface area contributed by atoms with E-state index in [0.29, 0.717) is 10.1 Å². The summed E-state index contributed by atoms with van der Waals surface area (Å²) in [6.07, 6.45) is 5.21. The number of nitrogens with one attached hydrogen (secondary N) is 1. The summed E-state index contributed by atoms with van der Waals surface area (Å²) in [6, 6.07) is 11.3. The number of nitrogens with zero attached hydrogens (tertiary/aromatic N) is 2. The first-order valence-electron chi connectivity index (χ1n) is 6.16. The number of amides is 1. The highest BCUT2D eigenvalue weighted by Crippen LogP contribution is 2.28. The van der Waals surface area contributed by atoms with Crippen molar-refractivity contribution in [1.82, 2.24) is 10.3 Å². The van der Waals surface area contributed by atoms with Gasteiger partial charge in [0.25, 0.3) is 5.91 Å². The normalized spacial score (nSPS) is 18.2. The molecule has 0 radical (unpaired) electrons. The largest absolute Gasteiger partial charge is 0.300 e. The highest BCUT2D eigenvalue weighted by molar-refractivity contribution is 9.10. The van der Waals surface area contributed by atoms with Crippen LogP contribution in [0.4, 0.5) is 5.69 Å². The van der Waals surface area contributed by atoms with Crippen LogP contribution in [-0.2, 0) is 4.79 Å². The maximum absolute atomic E-state index is 11.9. The Morgan fingerprint density at radius 2 is 2.05 bits per heavy atom. The van der Waals surface area contributed by atoms with Crippen molar-refractivity contribution >= 4 is 50.5 Å². The summed E-state index contributed by atoms with van der Waals surface area (Å²) >= 11 is 4.70. The topological polar surface area (TPSA) is 54.4 Å². The Balaban J connectivity index is 1.81. The van der Waals surface area contributed by atoms with Crippen LogP contribution in [0.1, 0.15) is 5.56 Å². The maximum atomic E-state index is 11.9. The highest BCUT2D eigenvalue weighted by atomic mass is 79.9. The van der Waals surface area contributed by atoms with Crippen LogP contribution in [0.5, 0.6) is 0 Å². The molecule has 0 aliphatic carbocycles. The van der Waals surface area contributed by atoms with E-state index >= 15 is 0 Å². The van der Waals surface area contributed by atoms with E-state index in [1.807, 2.05) is 36.4 Å². The predicted molar refractivity (Wildman–Crippen MR) is 89.2 cm³/mol. The molecule has 1 aliphatic rings. The van der Waals surface area contributed by atoms with Crippen molar-refractivity contribution in [1.29, 1.82) is 0 Å². The van der Waals surface area contributed by atoms with Crippen molar-refractivity contribution in [3.05, 3.63) is 63.7 Å². The molecule has 6 heteroatoms. The molecule has 2 aromatic rings. The van der Waals surface area contributed by atoms with Crippen molar-refractivity contribution in [2.45, 2.75) is 0 Å². The molecule has 104 valence electrons. The summed E-state index contributed by atoms with van der Waals surface area (Å²) in [6.45, 7) is 0. The van der Waals surface area contributed by atoms with E-state index in [4.69, 9.17) is 0 Å². The minimum absolute atomic E-state index is 0.139. The van der Waals surface area contributed by atoms with Gasteiger partial charge in [-0.15, -0.1) is 0 Å². The molecular weight excluding hydrogens is 350 g/mol. The van der Waals surface area contributed by atoms with Crippen LogP contribution in [0, 0.1) is 0 Å². The Labute approximate surface area is 134 Å². The van der Waals surface area contributed by atoms with E-state index in [1.54, 1.807) is 18.5 Å². The van der Waals surface area contributed by atoms with Crippen LogP contribution < -0.4 is 5.32 Å². The summed E-state index contributed by atoms with van der Waals surface area (Å²) in [5.41, 5.74) is 1.68. The van der Waals surface area contributed by atoms with Gasteiger partial charge in [-0.25, -0.2) is 4.99 Å². The molecule has 0 bridgehead atoms. The minimum Gasteiger partial charge on any atom is -0.300 e. The minimum atomic E-state index is -0.139. The molecule has 21 heavy (non-hydrogen) atoms. The van der Waals surface area contributed by atoms with Crippen molar-refractivity contribution in [2.24, 2.45) is 4.99 Å². The summed E-state index contributed by atoms with van der Waals surface area (Å²) in [4.78, 5) is 21.0. The molecule has 0 unspecified atom stereocenters. The molecule has 1 saturated heterocycles. The first-order chi connectivity index (χ1) is 10.2. The van der Waals surface area contributed by atoms with Crippen molar-refractivity contribution in [2.75, 3.05) is 0 Å². The third kappa shape index (κ3) is 3.59. The predicted octanol–water partition coefficient (Wildman–Crippen LogP) is 3.74. The smallest absolute Gasteiger partial charge is 0.264 e. The van der Waals surface area contributed by atoms with Crippen molar-refractivity contribution in [3.63, 3.8) is 0 Å². The molecular formula is C15H10BrN3OS. The second-order valence-electron chi connectivity index (χ2n) is 4.24. The molecule has 1 aromatic carbocycles. The van der Waals surface area contributed by atoms with Gasteiger partial charge in [0.15, 0.2) is 5.17 Å². The Morgan fingerprint density at radius 3 is 2.76 bits per heavy atom. The van der Waals surface area contributed by atoms with E-state index in [0.717, 1.165) is 15.7 Å². The van der Waals surface area contributed by atoms with E-state index in [9.17, 15) is 4.79 Å². The SMILES string of the molecule is O=C1NC(=Nc2ccc(Br)cc2)SC1=Cc1cccnc1. The zero-order valence-electron chi connectivity index (χ0n) is 10.8. The Morgan fingerprint density at radius 1 is 1.24 bits per heavy atom. The van der Waals surface area contributed by atoms with Crippen LogP contribution >= 0.6 is 27.7 Å². The Kier molecular flexibility index (Phi) is 4.17. The molecule has 4 nitrogen and oxygen atoms in total. The lowest BCUT2D eigenvalue weighted by atomic mass is 10.2. The standard InChI is InChI=1S/C15H10BrN3OS/c16-11-3-5-12(6-4-11)18-15-19-14(20)13(21-15)8-10-2-1-7-17-9-10/h1-9H,(H,18,19,20). The number of amidine groups is 1. The molecule has 0 spiro atoms. The lowest BCUT2D eigenvalue weighted by Crippen LogP contribution is -2.19. The maximum Gasteiger partial charge on any atom is 0.264 e. The molecule has 2 heterocycles. The fraction of sp³-hybridized carbons (Fsp3) is 0. The molecule has 1 aliphatic heterocycles. The van der Waals surface area contributed by atoms with Crippen LogP contribution in [-0.4, -0.2) is 16.1 Å². The van der Waals surface area contributed by atoms with Crippen LogP contribution in [0.25, 0.3) is 6.08 Å². The number of benzene rings is 1. The van der Waals surface area contributed by atoms with E-state index in [1.165, 1.54) is 11.8 Å². The second kappa shape index (κ2) is 6.24. The van der Waals surface area contributed by atoms with Crippen molar-refractivity contribution < 1.29 is 4.79 Å². The van der Waals surface area contributed by atoms with Gasteiger partial charge in [-0.2, -0.15) is 0 Å². The van der Waals surface area contributed by atoms with Gasteiger partial charge in [-0.1, -0.05) is 22.0 Å². The first-order valence-corrected chi connectivity index (χ1v) is 7.77. The number of halogens is 1. The number of carbonyl (C=O) groups is 1. The fourth-order valence-electron chi connectivity index (χ4n) is 1.73. The second-order valence-corrected chi connectivity index (χ2v) is 6.19. The number of thioether (sulfide) groups is 1. The number of hydrogen-bond donors (Lipinski definition) is 1. The lowest BCUT2D eigenvalue weighted by Gasteiger charge is -1.96. The molecule has 1 amide bonds. The number of pyridine rings is 1. The monoisotopic (exact) mass is 359 g/mol. The average Bonchev–Trinajstić information content (AvgIpc) is 2.82. The highest BCUT2D eigenvalue weighted by Gasteiger charge is 2.23. The van der Waals surface area contributed by atoms with Crippen LogP contribution in [0.2, 0.25) is 0 Å². The molecule has 3 rings (SSSR count). The van der Waals surface area contributed by atoms with E-state index < -0.39 is 0 Å². The third-order valence-electron chi connectivity index (χ3n) is 2.69. The molecule has 0 saturated carbocycles. The molecule has 1 N–H and O–H groups in total. The fourth-order valence-corrected chi connectivity index (χ4v) is 2.83. The third-order valence-corrected chi connectivity index (χ3v) is 4.13. The van der Waals surface area contributed by atoms with Gasteiger partial charge in [0, 0.05) is 16.9 Å². The molecule has 1 aromatic heterocycles. The zero-order valence-corrected chi connectivity index (χ0v) is 13.2. The number of hydrogen-bond acceptors (Lipinski definition) is 4. The number of carbonyl (C=O) groups excluding carboxylic acids is 1. The molecule has 0 atom stereocenters. The quantitative estimate of drug-likeness (QED) is 0.831. The average molecular weight is 360 g/mol. The summed E-state index contributed by atoms with van der Waals surface area (Å²) in [5.74, 6) is -0.139. The molecule has 1 fully saturated rings. The van der Waals surface area contributed by atoms with Gasteiger partial charge < -0.3 is 5.32 Å². The van der Waals surface area contributed by atoms with Crippen LogP contribution in [0.3, 0.4) is 0 Å². The zero-order chi connectivity index (χ0) is 14.7. The van der Waals surface area contributed by atoms with Crippen molar-refractivity contribution in [3.8, 4) is 0 Å². The number of aromatic nitrogens is 1.